The van der Waals surface area contributed by atoms with E-state index in [-0.39, 0.29) is 11.8 Å². The number of carbonyl (C=O) groups excluding carboxylic acids is 1. The van der Waals surface area contributed by atoms with Gasteiger partial charge in [0.25, 0.3) is 0 Å². The van der Waals surface area contributed by atoms with Gasteiger partial charge in [0.1, 0.15) is 19.0 Å². The molecular formula is C28H31Cl2N3O3. The van der Waals surface area contributed by atoms with Gasteiger partial charge in [-0.25, -0.2) is 0 Å². The van der Waals surface area contributed by atoms with Gasteiger partial charge in [0.05, 0.1) is 16.0 Å². The van der Waals surface area contributed by atoms with Crippen LogP contribution in [0.1, 0.15) is 29.5 Å². The third-order valence-corrected chi connectivity index (χ3v) is 6.71. The zero-order valence-corrected chi connectivity index (χ0v) is 21.8. The van der Waals surface area contributed by atoms with Crippen molar-refractivity contribution in [3.8, 4) is 11.5 Å². The Balaban J connectivity index is 1.29. The Kier molecular flexibility index (Phi) is 9.08. The van der Waals surface area contributed by atoms with Crippen molar-refractivity contribution in [2.75, 3.05) is 19.8 Å². The lowest BCUT2D eigenvalue weighted by Crippen LogP contribution is -2.41. The van der Waals surface area contributed by atoms with Gasteiger partial charge in [-0.15, -0.1) is 0 Å². The first-order valence-corrected chi connectivity index (χ1v) is 12.9. The molecule has 36 heavy (non-hydrogen) atoms. The summed E-state index contributed by atoms with van der Waals surface area (Å²) in [4.78, 5) is 19.4. The lowest BCUT2D eigenvalue weighted by atomic mass is 9.97. The number of hydrogen-bond acceptors (Lipinski definition) is 5. The van der Waals surface area contributed by atoms with Gasteiger partial charge >= 0.3 is 0 Å². The first kappa shape index (κ1) is 26.3. The van der Waals surface area contributed by atoms with Crippen LogP contribution in [0.4, 0.5) is 0 Å². The van der Waals surface area contributed by atoms with Crippen molar-refractivity contribution in [3.05, 3.63) is 87.7 Å². The highest BCUT2D eigenvalue weighted by Gasteiger charge is 2.35. The van der Waals surface area contributed by atoms with Gasteiger partial charge in [0, 0.05) is 31.5 Å². The van der Waals surface area contributed by atoms with Gasteiger partial charge in [-0.2, -0.15) is 0 Å². The van der Waals surface area contributed by atoms with Crippen LogP contribution in [0.15, 0.2) is 60.9 Å². The molecule has 1 fully saturated rings. The maximum atomic E-state index is 13.4. The Bertz CT molecular complexity index is 1130. The average molecular weight is 528 g/mol. The highest BCUT2D eigenvalue weighted by molar-refractivity contribution is 6.37. The highest BCUT2D eigenvalue weighted by atomic mass is 35.5. The van der Waals surface area contributed by atoms with E-state index in [0.29, 0.717) is 54.6 Å². The van der Waals surface area contributed by atoms with Crippen LogP contribution >= 0.6 is 23.2 Å². The largest absolute Gasteiger partial charge is 0.490 e. The molecule has 1 amide bonds. The van der Waals surface area contributed by atoms with Crippen molar-refractivity contribution in [2.45, 2.75) is 38.8 Å². The molecular weight excluding hydrogens is 497 g/mol. The number of halogens is 2. The summed E-state index contributed by atoms with van der Waals surface area (Å²) in [6.07, 6.45) is 6.20. The third-order valence-electron chi connectivity index (χ3n) is 6.15. The second-order valence-electron chi connectivity index (χ2n) is 9.09. The van der Waals surface area contributed by atoms with Crippen LogP contribution in [-0.4, -0.2) is 41.6 Å². The second kappa shape index (κ2) is 12.4. The van der Waals surface area contributed by atoms with Crippen LogP contribution in [-0.2, 0) is 17.8 Å². The van der Waals surface area contributed by atoms with Crippen LogP contribution in [0.5, 0.6) is 11.5 Å². The molecule has 1 aliphatic rings. The molecule has 1 atom stereocenters. The Morgan fingerprint density at radius 2 is 1.67 bits per heavy atom. The monoisotopic (exact) mass is 527 g/mol. The van der Waals surface area contributed by atoms with E-state index in [1.54, 1.807) is 12.4 Å². The Labute approximate surface area is 222 Å². The zero-order chi connectivity index (χ0) is 25.5. The van der Waals surface area contributed by atoms with Gasteiger partial charge in [0.2, 0.25) is 5.91 Å². The number of carbonyl (C=O) groups is 1. The minimum atomic E-state index is -0.267. The molecule has 2 aromatic carbocycles. The number of benzene rings is 2. The fourth-order valence-corrected chi connectivity index (χ4v) is 4.80. The molecule has 1 saturated carbocycles. The van der Waals surface area contributed by atoms with E-state index in [0.717, 1.165) is 35.3 Å². The normalized spacial score (nSPS) is 13.8. The minimum absolute atomic E-state index is 0.114. The number of nitrogens with zero attached hydrogens (tertiary/aromatic N) is 2. The van der Waals surface area contributed by atoms with Gasteiger partial charge < -0.3 is 20.1 Å². The lowest BCUT2D eigenvalue weighted by molar-refractivity contribution is -0.136. The fourth-order valence-electron chi connectivity index (χ4n) is 4.10. The third kappa shape index (κ3) is 7.12. The summed E-state index contributed by atoms with van der Waals surface area (Å²) in [6.45, 7) is 3.47. The molecule has 0 spiro atoms. The molecule has 8 heteroatoms. The van der Waals surface area contributed by atoms with E-state index in [1.807, 2.05) is 60.4 Å². The molecule has 0 bridgehead atoms. The number of aromatic nitrogens is 1. The highest BCUT2D eigenvalue weighted by Crippen LogP contribution is 2.34. The number of nitrogens with two attached hydrogens (primary N) is 1. The number of ether oxygens (including phenoxy) is 2. The van der Waals surface area contributed by atoms with Gasteiger partial charge in [-0.3, -0.25) is 9.78 Å². The SMILES string of the molecule is Cc1cc(Cl)c(OCCOc2ccc(CC(CN)C(=O)N(Cc3ccncc3)C3CC3)cc2)c(Cl)c1. The maximum absolute atomic E-state index is 13.4. The summed E-state index contributed by atoms with van der Waals surface area (Å²) in [5.41, 5.74) is 9.14. The average Bonchev–Trinajstić information content (AvgIpc) is 3.71. The minimum Gasteiger partial charge on any atom is -0.490 e. The molecule has 0 aliphatic heterocycles. The van der Waals surface area contributed by atoms with E-state index in [9.17, 15) is 4.79 Å². The van der Waals surface area contributed by atoms with Crippen molar-refractivity contribution in [1.29, 1.82) is 0 Å². The van der Waals surface area contributed by atoms with E-state index in [2.05, 4.69) is 4.98 Å². The molecule has 1 unspecified atom stereocenters. The van der Waals surface area contributed by atoms with Gasteiger partial charge in [-0.1, -0.05) is 35.3 Å². The van der Waals surface area contributed by atoms with E-state index >= 15 is 0 Å². The summed E-state index contributed by atoms with van der Waals surface area (Å²) in [7, 11) is 0. The second-order valence-corrected chi connectivity index (χ2v) is 9.90. The van der Waals surface area contributed by atoms with Crippen molar-refractivity contribution in [3.63, 3.8) is 0 Å². The fraction of sp³-hybridized carbons (Fsp3) is 0.357. The van der Waals surface area contributed by atoms with E-state index in [4.69, 9.17) is 38.4 Å². The zero-order valence-electron chi connectivity index (χ0n) is 20.3. The Hall–Kier alpha value is -2.80. The first-order valence-electron chi connectivity index (χ1n) is 12.1. The van der Waals surface area contributed by atoms with Crippen LogP contribution in [0, 0.1) is 12.8 Å². The quantitative estimate of drug-likeness (QED) is 0.316. The van der Waals surface area contributed by atoms with Crippen molar-refractivity contribution >= 4 is 29.1 Å². The molecule has 1 aromatic heterocycles. The van der Waals surface area contributed by atoms with Gasteiger partial charge in [-0.05, 0) is 79.3 Å². The smallest absolute Gasteiger partial charge is 0.227 e. The number of hydrogen-bond donors (Lipinski definition) is 1. The lowest BCUT2D eigenvalue weighted by Gasteiger charge is -2.27. The molecule has 0 radical (unpaired) electrons. The molecule has 3 aromatic rings. The predicted octanol–water partition coefficient (Wildman–Crippen LogP) is 5.46. The van der Waals surface area contributed by atoms with Crippen LogP contribution in [0.2, 0.25) is 10.0 Å². The number of amides is 1. The molecule has 6 nitrogen and oxygen atoms in total. The van der Waals surface area contributed by atoms with E-state index < -0.39 is 0 Å². The van der Waals surface area contributed by atoms with Crippen LogP contribution in [0.3, 0.4) is 0 Å². The predicted molar refractivity (Wildman–Crippen MR) is 143 cm³/mol. The molecule has 1 aliphatic carbocycles. The van der Waals surface area contributed by atoms with Crippen LogP contribution < -0.4 is 15.2 Å². The maximum Gasteiger partial charge on any atom is 0.227 e. The van der Waals surface area contributed by atoms with E-state index in [1.165, 1.54) is 0 Å². The topological polar surface area (TPSA) is 77.7 Å². The Morgan fingerprint density at radius 3 is 2.28 bits per heavy atom. The van der Waals surface area contributed by atoms with Gasteiger partial charge in [0.15, 0.2) is 5.75 Å². The van der Waals surface area contributed by atoms with Crippen molar-refractivity contribution in [1.82, 2.24) is 9.88 Å². The van der Waals surface area contributed by atoms with Crippen LogP contribution in [0.25, 0.3) is 0 Å². The number of aryl methyl sites for hydroxylation is 1. The molecule has 190 valence electrons. The Morgan fingerprint density at radius 1 is 1.03 bits per heavy atom. The molecule has 4 rings (SSSR count). The summed E-state index contributed by atoms with van der Waals surface area (Å²) in [6, 6.07) is 15.6. The summed E-state index contributed by atoms with van der Waals surface area (Å²) in [5.74, 6) is 1.03. The summed E-state index contributed by atoms with van der Waals surface area (Å²) >= 11 is 12.4. The summed E-state index contributed by atoms with van der Waals surface area (Å²) < 4.78 is 11.5. The first-order chi connectivity index (χ1) is 17.4. The van der Waals surface area contributed by atoms with Crippen molar-refractivity contribution < 1.29 is 14.3 Å². The molecule has 0 saturated heterocycles. The summed E-state index contributed by atoms with van der Waals surface area (Å²) in [5, 5.41) is 0.962. The van der Waals surface area contributed by atoms with Crippen molar-refractivity contribution in [2.24, 2.45) is 11.7 Å². The standard InChI is InChI=1S/C28H31Cl2N3O3/c1-19-14-25(29)27(26(30)15-19)36-13-12-35-24-6-2-20(3-7-24)16-22(17-31)28(34)33(23-4-5-23)18-21-8-10-32-11-9-21/h2-3,6-11,14-15,22-23H,4-5,12-13,16-18,31H2,1H3. The molecule has 1 heterocycles. The molecule has 2 N–H and O–H groups in total. The number of pyridine rings is 1. The number of rotatable bonds is 12.